The lowest BCUT2D eigenvalue weighted by Crippen LogP contribution is -2.29. The van der Waals surface area contributed by atoms with E-state index in [4.69, 9.17) is 5.11 Å². The summed E-state index contributed by atoms with van der Waals surface area (Å²) in [5.74, 6) is -1.60. The van der Waals surface area contributed by atoms with E-state index in [1.807, 2.05) is 0 Å². The fraction of sp³-hybridized carbons (Fsp3) is 0.133. The molecule has 1 unspecified atom stereocenters. The Morgan fingerprint density at radius 3 is 2.41 bits per heavy atom. The van der Waals surface area contributed by atoms with E-state index in [-0.39, 0.29) is 17.0 Å². The minimum atomic E-state index is -3.86. The van der Waals surface area contributed by atoms with Crippen LogP contribution in [0.25, 0.3) is 0 Å². The highest BCUT2D eigenvalue weighted by Crippen LogP contribution is 2.44. The highest BCUT2D eigenvalue weighted by Gasteiger charge is 2.43. The number of carboxylic acids is 1. The van der Waals surface area contributed by atoms with E-state index in [1.54, 1.807) is 18.2 Å². The van der Waals surface area contributed by atoms with E-state index < -0.39 is 27.9 Å². The number of carboxylic acid groups (broad SMARTS) is 1. The second-order valence-electron chi connectivity index (χ2n) is 4.93. The van der Waals surface area contributed by atoms with Crippen LogP contribution >= 0.6 is 0 Å². The lowest BCUT2D eigenvalue weighted by Gasteiger charge is -2.24. The summed E-state index contributed by atoms with van der Waals surface area (Å²) in [5.41, 5.74) is 0.679. The largest absolute Gasteiger partial charge is 0.481 e. The molecule has 0 aromatic heterocycles. The summed E-state index contributed by atoms with van der Waals surface area (Å²) in [6, 6.07) is 10.4. The van der Waals surface area contributed by atoms with Crippen molar-refractivity contribution in [3.63, 3.8) is 0 Å². The van der Waals surface area contributed by atoms with Crippen molar-refractivity contribution in [3.05, 3.63) is 59.9 Å². The van der Waals surface area contributed by atoms with E-state index in [0.717, 1.165) is 16.4 Å². The van der Waals surface area contributed by atoms with Gasteiger partial charge >= 0.3 is 5.97 Å². The van der Waals surface area contributed by atoms with Gasteiger partial charge in [0.05, 0.1) is 23.0 Å². The molecule has 22 heavy (non-hydrogen) atoms. The van der Waals surface area contributed by atoms with Gasteiger partial charge in [0.15, 0.2) is 0 Å². The molecule has 1 aliphatic rings. The maximum absolute atomic E-state index is 13.1. The van der Waals surface area contributed by atoms with Gasteiger partial charge in [-0.1, -0.05) is 18.2 Å². The first-order chi connectivity index (χ1) is 10.4. The van der Waals surface area contributed by atoms with Crippen LogP contribution in [-0.4, -0.2) is 19.5 Å². The van der Waals surface area contributed by atoms with Gasteiger partial charge in [0, 0.05) is 0 Å². The number of fused-ring (bicyclic) bond motifs is 1. The third kappa shape index (κ3) is 2.23. The maximum Gasteiger partial charge on any atom is 0.305 e. The van der Waals surface area contributed by atoms with E-state index in [2.05, 4.69) is 0 Å². The fourth-order valence-electron chi connectivity index (χ4n) is 2.66. The Kier molecular flexibility index (Phi) is 3.37. The lowest BCUT2D eigenvalue weighted by molar-refractivity contribution is -0.137. The zero-order valence-corrected chi connectivity index (χ0v) is 12.1. The van der Waals surface area contributed by atoms with Gasteiger partial charge in [-0.25, -0.2) is 12.8 Å². The zero-order chi connectivity index (χ0) is 15.9. The zero-order valence-electron chi connectivity index (χ0n) is 11.3. The molecular formula is C15H12FNO4S. The predicted octanol–water partition coefficient (Wildman–Crippen LogP) is 2.55. The van der Waals surface area contributed by atoms with Gasteiger partial charge in [-0.2, -0.15) is 0 Å². The van der Waals surface area contributed by atoms with Crippen LogP contribution in [-0.2, 0) is 14.8 Å². The minimum Gasteiger partial charge on any atom is -0.481 e. The van der Waals surface area contributed by atoms with E-state index >= 15 is 0 Å². The second kappa shape index (κ2) is 5.10. The van der Waals surface area contributed by atoms with Gasteiger partial charge in [0.25, 0.3) is 10.0 Å². The van der Waals surface area contributed by atoms with Crippen molar-refractivity contribution in [2.75, 3.05) is 4.31 Å². The molecular weight excluding hydrogens is 309 g/mol. The number of carbonyl (C=O) groups is 1. The van der Waals surface area contributed by atoms with Gasteiger partial charge in [0.2, 0.25) is 0 Å². The molecule has 2 aromatic rings. The Hall–Kier alpha value is -2.41. The van der Waals surface area contributed by atoms with Crippen molar-refractivity contribution in [2.24, 2.45) is 0 Å². The normalized spacial score (nSPS) is 19.0. The summed E-state index contributed by atoms with van der Waals surface area (Å²) in [6.45, 7) is 0. The molecule has 0 fully saturated rings. The molecule has 0 bridgehead atoms. The number of aliphatic carboxylic acids is 1. The van der Waals surface area contributed by atoms with Gasteiger partial charge in [-0.15, -0.1) is 0 Å². The van der Waals surface area contributed by atoms with E-state index in [0.29, 0.717) is 5.56 Å². The van der Waals surface area contributed by atoms with Gasteiger partial charge in [-0.05, 0) is 35.9 Å². The number of sulfonamides is 1. The molecule has 1 N–H and O–H groups in total. The number of hydrogen-bond donors (Lipinski definition) is 1. The highest BCUT2D eigenvalue weighted by atomic mass is 32.2. The highest BCUT2D eigenvalue weighted by molar-refractivity contribution is 7.93. The van der Waals surface area contributed by atoms with Crippen molar-refractivity contribution >= 4 is 21.7 Å². The van der Waals surface area contributed by atoms with Gasteiger partial charge < -0.3 is 5.11 Å². The Labute approximate surface area is 126 Å². The molecule has 0 aliphatic carbocycles. The smallest absolute Gasteiger partial charge is 0.305 e. The number of nitrogens with zero attached hydrogens (tertiary/aromatic N) is 1. The number of anilines is 1. The molecule has 0 saturated carbocycles. The van der Waals surface area contributed by atoms with Crippen LogP contribution in [0, 0.1) is 5.82 Å². The summed E-state index contributed by atoms with van der Waals surface area (Å²) >= 11 is 0. The molecule has 0 saturated heterocycles. The average molecular weight is 321 g/mol. The molecule has 0 radical (unpaired) electrons. The summed E-state index contributed by atoms with van der Waals surface area (Å²) in [4.78, 5) is 11.2. The third-order valence-corrected chi connectivity index (χ3v) is 5.46. The number of benzene rings is 2. The molecule has 1 atom stereocenters. The lowest BCUT2D eigenvalue weighted by atomic mass is 10.0. The van der Waals surface area contributed by atoms with Crippen molar-refractivity contribution in [3.8, 4) is 0 Å². The third-order valence-electron chi connectivity index (χ3n) is 3.55. The number of rotatable bonds is 3. The predicted molar refractivity (Wildman–Crippen MR) is 77.5 cm³/mol. The molecule has 1 heterocycles. The summed E-state index contributed by atoms with van der Waals surface area (Å²) in [5, 5.41) is 9.10. The standard InChI is InChI=1S/C15H12FNO4S/c16-10-5-7-11(8-6-10)17-13(9-15(18)19)12-3-1-2-4-14(12)22(17,20)21/h1-8,13H,9H2,(H,18,19). The topological polar surface area (TPSA) is 74.7 Å². The van der Waals surface area contributed by atoms with Gasteiger partial charge in [0.1, 0.15) is 5.82 Å². The first-order valence-corrected chi connectivity index (χ1v) is 7.96. The van der Waals surface area contributed by atoms with Crippen molar-refractivity contribution < 1.29 is 22.7 Å². The molecule has 1 aliphatic heterocycles. The van der Waals surface area contributed by atoms with Crippen molar-refractivity contribution in [2.45, 2.75) is 17.4 Å². The Balaban J connectivity index is 2.19. The fourth-order valence-corrected chi connectivity index (χ4v) is 4.54. The molecule has 0 spiro atoms. The quantitative estimate of drug-likeness (QED) is 0.943. The Morgan fingerprint density at radius 2 is 1.77 bits per heavy atom. The summed E-state index contributed by atoms with van der Waals surface area (Å²) in [7, 11) is -3.86. The van der Waals surface area contributed by atoms with Crippen molar-refractivity contribution in [1.82, 2.24) is 0 Å². The molecule has 5 nitrogen and oxygen atoms in total. The number of hydrogen-bond acceptors (Lipinski definition) is 3. The molecule has 2 aromatic carbocycles. The van der Waals surface area contributed by atoms with Crippen LogP contribution in [0.1, 0.15) is 18.0 Å². The Bertz CT molecular complexity index is 833. The Morgan fingerprint density at radius 1 is 1.14 bits per heavy atom. The summed E-state index contributed by atoms with van der Waals surface area (Å²) < 4.78 is 39.5. The van der Waals surface area contributed by atoms with Crippen LogP contribution in [0.3, 0.4) is 0 Å². The maximum atomic E-state index is 13.1. The van der Waals surface area contributed by atoms with Crippen LogP contribution in [0.5, 0.6) is 0 Å². The van der Waals surface area contributed by atoms with Crippen LogP contribution in [0.15, 0.2) is 53.4 Å². The molecule has 0 amide bonds. The SMILES string of the molecule is O=C(O)CC1c2ccccc2S(=O)(=O)N1c1ccc(F)cc1. The van der Waals surface area contributed by atoms with E-state index in [1.165, 1.54) is 18.2 Å². The first kappa shape index (κ1) is 14.5. The van der Waals surface area contributed by atoms with Crippen LogP contribution < -0.4 is 4.31 Å². The summed E-state index contributed by atoms with van der Waals surface area (Å²) in [6.07, 6.45) is -0.367. The molecule has 114 valence electrons. The van der Waals surface area contributed by atoms with Gasteiger partial charge in [-0.3, -0.25) is 9.10 Å². The second-order valence-corrected chi connectivity index (χ2v) is 6.71. The number of halogens is 1. The monoisotopic (exact) mass is 321 g/mol. The molecule has 7 heteroatoms. The average Bonchev–Trinajstić information content (AvgIpc) is 2.68. The molecule has 3 rings (SSSR count). The minimum absolute atomic E-state index is 0.0885. The van der Waals surface area contributed by atoms with Crippen LogP contribution in [0.4, 0.5) is 10.1 Å². The van der Waals surface area contributed by atoms with E-state index in [9.17, 15) is 17.6 Å². The van der Waals surface area contributed by atoms with Crippen molar-refractivity contribution in [1.29, 1.82) is 0 Å². The first-order valence-electron chi connectivity index (χ1n) is 6.52. The van der Waals surface area contributed by atoms with Crippen LogP contribution in [0.2, 0.25) is 0 Å².